The van der Waals surface area contributed by atoms with Crippen molar-refractivity contribution in [3.05, 3.63) is 28.8 Å². The number of anilines is 1. The predicted molar refractivity (Wildman–Crippen MR) is 64.0 cm³/mol. The third-order valence-electron chi connectivity index (χ3n) is 2.12. The zero-order valence-corrected chi connectivity index (χ0v) is 9.68. The highest BCUT2D eigenvalue weighted by Gasteiger charge is 2.31. The van der Waals surface area contributed by atoms with Crippen LogP contribution in [0.2, 0.25) is 5.02 Å². The minimum atomic E-state index is -4.46. The van der Waals surface area contributed by atoms with Crippen molar-refractivity contribution < 1.29 is 13.2 Å². The fourth-order valence-electron chi connectivity index (χ4n) is 1.38. The van der Waals surface area contributed by atoms with Crippen molar-refractivity contribution in [1.29, 1.82) is 0 Å². The van der Waals surface area contributed by atoms with Crippen molar-refractivity contribution in [2.45, 2.75) is 6.18 Å². The van der Waals surface area contributed by atoms with E-state index in [0.29, 0.717) is 5.84 Å². The monoisotopic (exact) mass is 276 g/mol. The van der Waals surface area contributed by atoms with Crippen LogP contribution in [0, 0.1) is 0 Å². The van der Waals surface area contributed by atoms with Crippen molar-refractivity contribution in [3.63, 3.8) is 0 Å². The Balaban J connectivity index is 2.26. The molecule has 0 saturated carbocycles. The number of benzene rings is 1. The molecule has 0 radical (unpaired) electrons. The van der Waals surface area contributed by atoms with Crippen LogP contribution in [0.25, 0.3) is 0 Å². The molecule has 0 spiro atoms. The topological polar surface area (TPSA) is 62.8 Å². The quantitative estimate of drug-likeness (QED) is 0.828. The van der Waals surface area contributed by atoms with Gasteiger partial charge in [-0.1, -0.05) is 11.6 Å². The third-order valence-corrected chi connectivity index (χ3v) is 2.34. The summed E-state index contributed by atoms with van der Waals surface area (Å²) in [7, 11) is 0. The van der Waals surface area contributed by atoms with Crippen molar-refractivity contribution in [3.8, 4) is 0 Å². The zero-order valence-electron chi connectivity index (χ0n) is 8.92. The van der Waals surface area contributed by atoms with Gasteiger partial charge in [0.2, 0.25) is 5.96 Å². The molecular weight excluding hydrogens is 269 g/mol. The number of amidine groups is 1. The number of hydrogen-bond acceptors (Lipinski definition) is 4. The van der Waals surface area contributed by atoms with Gasteiger partial charge in [0, 0.05) is 10.7 Å². The van der Waals surface area contributed by atoms with Gasteiger partial charge in [-0.3, -0.25) is 0 Å². The maximum atomic E-state index is 12.6. The van der Waals surface area contributed by atoms with E-state index in [9.17, 15) is 13.2 Å². The van der Waals surface area contributed by atoms with E-state index in [2.05, 4.69) is 15.3 Å². The first-order valence-electron chi connectivity index (χ1n) is 4.87. The molecule has 0 unspecified atom stereocenters. The minimum Gasteiger partial charge on any atom is -0.385 e. The highest BCUT2D eigenvalue weighted by Crippen LogP contribution is 2.33. The lowest BCUT2D eigenvalue weighted by molar-refractivity contribution is -0.137. The molecule has 0 aliphatic carbocycles. The van der Waals surface area contributed by atoms with Crippen molar-refractivity contribution >= 4 is 29.1 Å². The van der Waals surface area contributed by atoms with E-state index in [1.54, 1.807) is 0 Å². The summed E-state index contributed by atoms with van der Waals surface area (Å²) in [6.45, 7) is 0.231. The molecule has 3 N–H and O–H groups in total. The summed E-state index contributed by atoms with van der Waals surface area (Å²) in [5.74, 6) is 0.471. The zero-order chi connectivity index (χ0) is 13.3. The number of nitrogens with one attached hydrogen (secondary N) is 1. The van der Waals surface area contributed by atoms with Gasteiger partial charge in [0.15, 0.2) is 0 Å². The Morgan fingerprint density at radius 1 is 1.28 bits per heavy atom. The van der Waals surface area contributed by atoms with Crippen LogP contribution in [-0.4, -0.2) is 18.3 Å². The fourth-order valence-corrected chi connectivity index (χ4v) is 1.62. The van der Waals surface area contributed by atoms with Gasteiger partial charge in [-0.25, -0.2) is 4.99 Å². The number of alkyl halides is 3. The summed E-state index contributed by atoms with van der Waals surface area (Å²) in [5, 5.41) is 2.60. The molecule has 0 amide bonds. The number of rotatable bonds is 1. The molecule has 1 heterocycles. The number of nitrogens with two attached hydrogens (primary N) is 1. The summed E-state index contributed by atoms with van der Waals surface area (Å²) in [5.41, 5.74) is 4.72. The molecule has 0 bridgehead atoms. The number of halogens is 4. The molecule has 2 rings (SSSR count). The smallest absolute Gasteiger partial charge is 0.385 e. The fraction of sp³-hybridized carbons (Fsp3) is 0.200. The molecule has 0 atom stereocenters. The normalized spacial score (nSPS) is 15.3. The molecule has 0 fully saturated rings. The number of nitrogens with zero attached hydrogens (tertiary/aromatic N) is 2. The minimum absolute atomic E-state index is 0.0251. The summed E-state index contributed by atoms with van der Waals surface area (Å²) >= 11 is 5.63. The van der Waals surface area contributed by atoms with Crippen molar-refractivity contribution in [2.75, 3.05) is 11.9 Å². The van der Waals surface area contributed by atoms with Crippen LogP contribution in [0.3, 0.4) is 0 Å². The van der Waals surface area contributed by atoms with Crippen LogP contribution < -0.4 is 11.1 Å². The van der Waals surface area contributed by atoms with Crippen LogP contribution in [0.15, 0.2) is 28.2 Å². The van der Waals surface area contributed by atoms with Gasteiger partial charge in [0.05, 0.1) is 5.56 Å². The van der Waals surface area contributed by atoms with E-state index in [0.717, 1.165) is 12.1 Å². The van der Waals surface area contributed by atoms with Crippen molar-refractivity contribution in [2.24, 2.45) is 15.7 Å². The maximum Gasteiger partial charge on any atom is 0.416 e. The molecule has 1 aliphatic rings. The highest BCUT2D eigenvalue weighted by molar-refractivity contribution is 6.31. The molecule has 0 aromatic heterocycles. The lowest BCUT2D eigenvalue weighted by Crippen LogP contribution is -2.13. The van der Waals surface area contributed by atoms with Crippen molar-refractivity contribution in [1.82, 2.24) is 0 Å². The second kappa shape index (κ2) is 4.49. The molecule has 1 aromatic carbocycles. The lowest BCUT2D eigenvalue weighted by atomic mass is 10.2. The molecular formula is C10H8ClF3N4. The number of hydrogen-bond donors (Lipinski definition) is 2. The summed E-state index contributed by atoms with van der Waals surface area (Å²) in [4.78, 5) is 7.70. The van der Waals surface area contributed by atoms with Crippen LogP contribution in [0.1, 0.15) is 5.56 Å². The second-order valence-corrected chi connectivity index (χ2v) is 4.03. The Morgan fingerprint density at radius 3 is 2.56 bits per heavy atom. The third kappa shape index (κ3) is 2.92. The van der Waals surface area contributed by atoms with Crippen LogP contribution in [-0.2, 0) is 6.18 Å². The van der Waals surface area contributed by atoms with E-state index in [1.807, 2.05) is 0 Å². The van der Waals surface area contributed by atoms with Gasteiger partial charge < -0.3 is 11.1 Å². The first-order valence-corrected chi connectivity index (χ1v) is 5.25. The lowest BCUT2D eigenvalue weighted by Gasteiger charge is -2.10. The summed E-state index contributed by atoms with van der Waals surface area (Å²) < 4.78 is 37.7. The second-order valence-electron chi connectivity index (χ2n) is 3.59. The van der Waals surface area contributed by atoms with Gasteiger partial charge in [-0.15, -0.1) is 0 Å². The predicted octanol–water partition coefficient (Wildman–Crippen LogP) is 2.50. The van der Waals surface area contributed by atoms with Gasteiger partial charge >= 0.3 is 6.18 Å². The van der Waals surface area contributed by atoms with Crippen LogP contribution in [0.5, 0.6) is 0 Å². The Morgan fingerprint density at radius 2 is 2.00 bits per heavy atom. The average Bonchev–Trinajstić information content (AvgIpc) is 2.61. The molecule has 1 aromatic rings. The molecule has 8 heteroatoms. The molecule has 4 nitrogen and oxygen atoms in total. The van der Waals surface area contributed by atoms with E-state index in [4.69, 9.17) is 17.3 Å². The van der Waals surface area contributed by atoms with E-state index in [1.165, 1.54) is 6.07 Å². The van der Waals surface area contributed by atoms with Gasteiger partial charge in [-0.2, -0.15) is 18.2 Å². The number of guanidine groups is 1. The van der Waals surface area contributed by atoms with Gasteiger partial charge in [0.1, 0.15) is 12.4 Å². The maximum absolute atomic E-state index is 12.6. The molecule has 18 heavy (non-hydrogen) atoms. The standard InChI is InChI=1S/C10H8ClF3N4/c11-6-1-5(10(12,13)14)2-7(3-6)17-9-16-4-8(15)18-9/h1-3H,4H2,(H3,15,16,17,18). The highest BCUT2D eigenvalue weighted by atomic mass is 35.5. The first-order chi connectivity index (χ1) is 8.34. The van der Waals surface area contributed by atoms with Crippen LogP contribution >= 0.6 is 11.6 Å². The molecule has 96 valence electrons. The van der Waals surface area contributed by atoms with Gasteiger partial charge in [-0.05, 0) is 18.2 Å². The average molecular weight is 277 g/mol. The van der Waals surface area contributed by atoms with E-state index < -0.39 is 11.7 Å². The largest absolute Gasteiger partial charge is 0.416 e. The molecule has 0 saturated heterocycles. The summed E-state index contributed by atoms with van der Waals surface area (Å²) in [6, 6.07) is 3.13. The first kappa shape index (κ1) is 12.7. The van der Waals surface area contributed by atoms with Crippen LogP contribution in [0.4, 0.5) is 18.9 Å². The van der Waals surface area contributed by atoms with E-state index >= 15 is 0 Å². The Hall–Kier alpha value is -1.76. The summed E-state index contributed by atoms with van der Waals surface area (Å²) in [6.07, 6.45) is -4.46. The Labute approximate surface area is 105 Å². The Bertz CT molecular complexity index is 536. The Kier molecular flexibility index (Phi) is 3.16. The molecule has 1 aliphatic heterocycles. The van der Waals surface area contributed by atoms with Gasteiger partial charge in [0.25, 0.3) is 0 Å². The number of aliphatic imine (C=N–C) groups is 2. The SMILES string of the molecule is NC1=NC(Nc2cc(Cl)cc(C(F)(F)F)c2)=NC1. The van der Waals surface area contributed by atoms with E-state index in [-0.39, 0.29) is 23.2 Å².